The summed E-state index contributed by atoms with van der Waals surface area (Å²) in [4.78, 5) is 14.7. The molecule has 0 atom stereocenters. The van der Waals surface area contributed by atoms with Crippen LogP contribution in [0.25, 0.3) is 0 Å². The summed E-state index contributed by atoms with van der Waals surface area (Å²) in [7, 11) is 1.81. The lowest BCUT2D eigenvalue weighted by Crippen LogP contribution is -2.30. The first kappa shape index (κ1) is 15.0. The summed E-state index contributed by atoms with van der Waals surface area (Å²) in [5.41, 5.74) is 7.34. The second-order valence-corrected chi connectivity index (χ2v) is 7.13. The van der Waals surface area contributed by atoms with Crippen LogP contribution in [0.5, 0.6) is 0 Å². The van der Waals surface area contributed by atoms with E-state index in [0.717, 1.165) is 11.3 Å². The van der Waals surface area contributed by atoms with Crippen molar-refractivity contribution in [1.29, 1.82) is 0 Å². The molecule has 1 aliphatic rings. The summed E-state index contributed by atoms with van der Waals surface area (Å²) < 4.78 is 0. The van der Waals surface area contributed by atoms with Gasteiger partial charge in [0.1, 0.15) is 4.99 Å². The molecule has 0 saturated heterocycles. The van der Waals surface area contributed by atoms with Crippen LogP contribution in [0.4, 0.5) is 5.69 Å². The lowest BCUT2D eigenvalue weighted by Gasteiger charge is -2.19. The van der Waals surface area contributed by atoms with Crippen molar-refractivity contribution < 1.29 is 4.79 Å². The van der Waals surface area contributed by atoms with Crippen LogP contribution < -0.4 is 10.6 Å². The third kappa shape index (κ3) is 2.12. The fraction of sp³-hybridized carbons (Fsp3) is 0.500. The molecule has 0 radical (unpaired) electrons. The van der Waals surface area contributed by atoms with Crippen molar-refractivity contribution in [2.75, 3.05) is 11.9 Å². The molecule has 2 rings (SSSR count). The molecule has 0 heterocycles. The SMILES string of the molecule is CN(C(=O)C1C(C)(C)C1(C)C)c1cccc(C(N)=S)c1. The molecule has 0 spiro atoms. The van der Waals surface area contributed by atoms with Crippen LogP contribution >= 0.6 is 12.2 Å². The van der Waals surface area contributed by atoms with Crippen LogP contribution in [-0.4, -0.2) is 17.9 Å². The Kier molecular flexibility index (Phi) is 3.41. The van der Waals surface area contributed by atoms with E-state index in [1.165, 1.54) is 0 Å². The van der Waals surface area contributed by atoms with Gasteiger partial charge in [0.05, 0.1) is 0 Å². The van der Waals surface area contributed by atoms with E-state index in [4.69, 9.17) is 18.0 Å². The monoisotopic (exact) mass is 290 g/mol. The van der Waals surface area contributed by atoms with Crippen molar-refractivity contribution in [3.63, 3.8) is 0 Å². The van der Waals surface area contributed by atoms with Crippen LogP contribution in [0.15, 0.2) is 24.3 Å². The van der Waals surface area contributed by atoms with Gasteiger partial charge in [-0.15, -0.1) is 0 Å². The van der Waals surface area contributed by atoms with Gasteiger partial charge in [0.25, 0.3) is 0 Å². The molecule has 4 heteroatoms. The molecule has 1 saturated carbocycles. The van der Waals surface area contributed by atoms with Crippen LogP contribution in [0, 0.1) is 16.7 Å². The van der Waals surface area contributed by atoms with Gasteiger partial charge in [-0.2, -0.15) is 0 Å². The van der Waals surface area contributed by atoms with Gasteiger partial charge in [-0.1, -0.05) is 52.0 Å². The van der Waals surface area contributed by atoms with E-state index in [1.807, 2.05) is 31.3 Å². The molecule has 3 nitrogen and oxygen atoms in total. The van der Waals surface area contributed by atoms with Crippen molar-refractivity contribution in [1.82, 2.24) is 0 Å². The number of hydrogen-bond donors (Lipinski definition) is 1. The number of anilines is 1. The standard InChI is InChI=1S/C16H22N2OS/c1-15(2)12(16(15,3)4)14(19)18(5)11-8-6-7-10(9-11)13(17)20/h6-9,12H,1-5H3,(H2,17,20). The minimum Gasteiger partial charge on any atom is -0.389 e. The topological polar surface area (TPSA) is 46.3 Å². The normalized spacial score (nSPS) is 19.4. The van der Waals surface area contributed by atoms with Crippen molar-refractivity contribution in [2.45, 2.75) is 27.7 Å². The van der Waals surface area contributed by atoms with Gasteiger partial charge in [0.15, 0.2) is 0 Å². The van der Waals surface area contributed by atoms with E-state index < -0.39 is 0 Å². The number of amides is 1. The Morgan fingerprint density at radius 3 is 2.25 bits per heavy atom. The minimum absolute atomic E-state index is 0.0408. The van der Waals surface area contributed by atoms with Crippen LogP contribution in [0.2, 0.25) is 0 Å². The van der Waals surface area contributed by atoms with E-state index in [9.17, 15) is 4.79 Å². The molecule has 2 N–H and O–H groups in total. The maximum absolute atomic E-state index is 12.7. The zero-order valence-corrected chi connectivity index (χ0v) is 13.5. The van der Waals surface area contributed by atoms with Gasteiger partial charge in [-0.05, 0) is 23.0 Å². The molecule has 108 valence electrons. The Balaban J connectivity index is 2.25. The Morgan fingerprint density at radius 1 is 1.25 bits per heavy atom. The fourth-order valence-electron chi connectivity index (χ4n) is 3.00. The average molecular weight is 290 g/mol. The summed E-state index contributed by atoms with van der Waals surface area (Å²) in [6, 6.07) is 7.50. The molecular formula is C16H22N2OS. The summed E-state index contributed by atoms with van der Waals surface area (Å²) in [6.45, 7) is 8.59. The molecule has 1 amide bonds. The fourth-order valence-corrected chi connectivity index (χ4v) is 3.13. The van der Waals surface area contributed by atoms with Crippen molar-refractivity contribution in [3.05, 3.63) is 29.8 Å². The number of thiocarbonyl (C=S) groups is 1. The molecule has 1 aliphatic carbocycles. The summed E-state index contributed by atoms with van der Waals surface area (Å²) in [5, 5.41) is 0. The van der Waals surface area contributed by atoms with Gasteiger partial charge in [0.2, 0.25) is 5.91 Å². The quantitative estimate of drug-likeness (QED) is 0.871. The van der Waals surface area contributed by atoms with E-state index in [2.05, 4.69) is 27.7 Å². The number of hydrogen-bond acceptors (Lipinski definition) is 2. The number of nitrogens with zero attached hydrogens (tertiary/aromatic N) is 1. The van der Waals surface area contributed by atoms with E-state index in [1.54, 1.807) is 4.90 Å². The van der Waals surface area contributed by atoms with Gasteiger partial charge in [-0.3, -0.25) is 4.79 Å². The maximum atomic E-state index is 12.7. The highest BCUT2D eigenvalue weighted by atomic mass is 32.1. The number of carbonyl (C=O) groups is 1. The lowest BCUT2D eigenvalue weighted by atomic mass is 10.0. The second kappa shape index (κ2) is 4.55. The Labute approximate surface area is 126 Å². The largest absolute Gasteiger partial charge is 0.389 e. The van der Waals surface area contributed by atoms with Gasteiger partial charge in [-0.25, -0.2) is 0 Å². The smallest absolute Gasteiger partial charge is 0.230 e. The summed E-state index contributed by atoms with van der Waals surface area (Å²) in [6.07, 6.45) is 0. The average Bonchev–Trinajstić information content (AvgIpc) is 2.78. The zero-order valence-electron chi connectivity index (χ0n) is 12.7. The second-order valence-electron chi connectivity index (χ2n) is 6.69. The van der Waals surface area contributed by atoms with Gasteiger partial charge in [0, 0.05) is 24.2 Å². The van der Waals surface area contributed by atoms with Crippen molar-refractivity contribution >= 4 is 28.8 Å². The molecule has 0 aliphatic heterocycles. The number of carbonyl (C=O) groups excluding carboxylic acids is 1. The highest BCUT2D eigenvalue weighted by molar-refractivity contribution is 7.80. The molecule has 20 heavy (non-hydrogen) atoms. The number of benzene rings is 1. The predicted octanol–water partition coefficient (Wildman–Crippen LogP) is 2.97. The highest BCUT2D eigenvalue weighted by Crippen LogP contribution is 2.68. The molecular weight excluding hydrogens is 268 g/mol. The first-order chi connectivity index (χ1) is 9.10. The van der Waals surface area contributed by atoms with E-state index in [0.29, 0.717) is 4.99 Å². The molecule has 1 fully saturated rings. The van der Waals surface area contributed by atoms with Gasteiger partial charge >= 0.3 is 0 Å². The van der Waals surface area contributed by atoms with Crippen molar-refractivity contribution in [3.8, 4) is 0 Å². The van der Waals surface area contributed by atoms with Crippen LogP contribution in [0.1, 0.15) is 33.3 Å². The summed E-state index contributed by atoms with van der Waals surface area (Å²) >= 11 is 4.98. The molecule has 0 bridgehead atoms. The Hall–Kier alpha value is -1.42. The van der Waals surface area contributed by atoms with Gasteiger partial charge < -0.3 is 10.6 Å². The lowest BCUT2D eigenvalue weighted by molar-refractivity contribution is -0.120. The van der Waals surface area contributed by atoms with Crippen molar-refractivity contribution in [2.24, 2.45) is 22.5 Å². The minimum atomic E-state index is 0.0408. The Bertz CT molecular complexity index is 564. The van der Waals surface area contributed by atoms with E-state index in [-0.39, 0.29) is 22.7 Å². The third-order valence-electron chi connectivity index (χ3n) is 5.12. The van der Waals surface area contributed by atoms with E-state index >= 15 is 0 Å². The number of rotatable bonds is 3. The third-order valence-corrected chi connectivity index (χ3v) is 5.35. The zero-order chi connectivity index (χ0) is 15.3. The maximum Gasteiger partial charge on any atom is 0.230 e. The molecule has 0 unspecified atom stereocenters. The summed E-state index contributed by atoms with van der Waals surface area (Å²) in [5.74, 6) is 0.202. The van der Waals surface area contributed by atoms with Crippen LogP contribution in [-0.2, 0) is 4.79 Å². The van der Waals surface area contributed by atoms with Crippen LogP contribution in [0.3, 0.4) is 0 Å². The molecule has 1 aromatic rings. The molecule has 1 aromatic carbocycles. The molecule has 0 aromatic heterocycles. The Morgan fingerprint density at radius 2 is 1.80 bits per heavy atom. The first-order valence-electron chi connectivity index (χ1n) is 6.78. The highest BCUT2D eigenvalue weighted by Gasteiger charge is 2.68. The predicted molar refractivity (Wildman–Crippen MR) is 86.8 cm³/mol. The first-order valence-corrected chi connectivity index (χ1v) is 7.19. The number of nitrogens with two attached hydrogens (primary N) is 1.